The number of benzene rings is 2. The van der Waals surface area contributed by atoms with E-state index in [2.05, 4.69) is 16.0 Å². The molecule has 0 bridgehead atoms. The zero-order valence-corrected chi connectivity index (χ0v) is 17.8. The van der Waals surface area contributed by atoms with Gasteiger partial charge in [-0.25, -0.2) is 4.79 Å². The normalized spacial score (nSPS) is 22.8. The lowest BCUT2D eigenvalue weighted by atomic mass is 9.85. The second-order valence-electron chi connectivity index (χ2n) is 7.95. The number of hydrogen-bond acceptors (Lipinski definition) is 3. The highest BCUT2D eigenvalue weighted by molar-refractivity contribution is 6.30. The Morgan fingerprint density at radius 2 is 1.74 bits per heavy atom. The lowest BCUT2D eigenvalue weighted by Crippen LogP contribution is -2.68. The minimum atomic E-state index is -0.887. The van der Waals surface area contributed by atoms with Crippen molar-refractivity contribution in [3.8, 4) is 0 Å². The second-order valence-corrected chi connectivity index (χ2v) is 8.39. The predicted octanol–water partition coefficient (Wildman–Crippen LogP) is 4.01. The van der Waals surface area contributed by atoms with Gasteiger partial charge in [0.1, 0.15) is 6.04 Å². The lowest BCUT2D eigenvalue weighted by Gasteiger charge is -2.47. The fourth-order valence-corrected chi connectivity index (χ4v) is 4.59. The molecule has 2 aromatic rings. The molecule has 1 aliphatic heterocycles. The van der Waals surface area contributed by atoms with Gasteiger partial charge in [0.15, 0.2) is 0 Å². The number of fused-ring (bicyclic) bond motifs is 1. The lowest BCUT2D eigenvalue weighted by molar-refractivity contribution is -0.135. The molecule has 7 nitrogen and oxygen atoms in total. The highest BCUT2D eigenvalue weighted by Gasteiger charge is 2.46. The van der Waals surface area contributed by atoms with Crippen LogP contribution < -0.4 is 16.0 Å². The third kappa shape index (κ3) is 4.99. The Morgan fingerprint density at radius 1 is 1.00 bits per heavy atom. The summed E-state index contributed by atoms with van der Waals surface area (Å²) in [6.45, 7) is 0. The summed E-state index contributed by atoms with van der Waals surface area (Å²) >= 11 is 5.98. The number of urea groups is 1. The van der Waals surface area contributed by atoms with Crippen molar-refractivity contribution in [2.75, 3.05) is 10.6 Å². The van der Waals surface area contributed by atoms with Gasteiger partial charge in [-0.05, 0) is 43.2 Å². The van der Waals surface area contributed by atoms with Gasteiger partial charge in [-0.15, -0.1) is 0 Å². The fourth-order valence-electron chi connectivity index (χ4n) is 4.40. The van der Waals surface area contributed by atoms with Crippen LogP contribution in [0, 0.1) is 0 Å². The molecule has 4 rings (SSSR count). The average Bonchev–Trinajstić information content (AvgIpc) is 2.75. The van der Waals surface area contributed by atoms with Gasteiger partial charge in [0, 0.05) is 22.4 Å². The number of carbonyl (C=O) groups is 3. The molecule has 2 aromatic carbocycles. The van der Waals surface area contributed by atoms with E-state index in [-0.39, 0.29) is 36.3 Å². The fraction of sp³-hybridized carbons (Fsp3) is 0.348. The smallest absolute Gasteiger partial charge is 0.322 e. The van der Waals surface area contributed by atoms with Gasteiger partial charge in [-0.3, -0.25) is 9.59 Å². The standard InChI is InChI=1S/C23H25ClN4O3/c24-15-7-6-10-17(13-15)25-21(29)14-20-22(30)27-18-11-4-5-12-19(18)28(20)23(31)26-16-8-2-1-3-9-16/h1-3,6-10,13,18-20H,4-5,11-12,14H2,(H,25,29)(H,26,31)(H,27,30). The Labute approximate surface area is 186 Å². The molecule has 8 heteroatoms. The van der Waals surface area contributed by atoms with Crippen molar-refractivity contribution in [2.24, 2.45) is 0 Å². The summed E-state index contributed by atoms with van der Waals surface area (Å²) in [5, 5.41) is 9.19. The summed E-state index contributed by atoms with van der Waals surface area (Å²) in [5.41, 5.74) is 1.19. The first-order chi connectivity index (χ1) is 15.0. The molecule has 2 aliphatic rings. The van der Waals surface area contributed by atoms with Crippen LogP contribution in [0.2, 0.25) is 5.02 Å². The van der Waals surface area contributed by atoms with Crippen LogP contribution in [0.5, 0.6) is 0 Å². The van der Waals surface area contributed by atoms with E-state index >= 15 is 0 Å². The third-order valence-electron chi connectivity index (χ3n) is 5.80. The van der Waals surface area contributed by atoms with Crippen molar-refractivity contribution in [1.82, 2.24) is 10.2 Å². The Bertz CT molecular complexity index is 968. The zero-order chi connectivity index (χ0) is 21.8. The Balaban J connectivity index is 1.54. The largest absolute Gasteiger partial charge is 0.349 e. The van der Waals surface area contributed by atoms with Crippen LogP contribution in [0.1, 0.15) is 32.1 Å². The number of nitrogens with one attached hydrogen (secondary N) is 3. The summed E-state index contributed by atoms with van der Waals surface area (Å²) < 4.78 is 0. The van der Waals surface area contributed by atoms with Crippen molar-refractivity contribution < 1.29 is 14.4 Å². The van der Waals surface area contributed by atoms with Crippen LogP contribution in [0.4, 0.5) is 16.2 Å². The van der Waals surface area contributed by atoms with Gasteiger partial charge < -0.3 is 20.9 Å². The van der Waals surface area contributed by atoms with Gasteiger partial charge in [0.25, 0.3) is 0 Å². The van der Waals surface area contributed by atoms with E-state index in [1.54, 1.807) is 41.3 Å². The first-order valence-corrected chi connectivity index (χ1v) is 10.9. The molecule has 31 heavy (non-hydrogen) atoms. The van der Waals surface area contributed by atoms with Crippen molar-refractivity contribution in [2.45, 2.75) is 50.2 Å². The predicted molar refractivity (Wildman–Crippen MR) is 120 cm³/mol. The molecular weight excluding hydrogens is 416 g/mol. The van der Waals surface area contributed by atoms with E-state index < -0.39 is 6.04 Å². The molecule has 0 spiro atoms. The van der Waals surface area contributed by atoms with Crippen molar-refractivity contribution in [3.05, 3.63) is 59.6 Å². The van der Waals surface area contributed by atoms with Gasteiger partial charge in [-0.2, -0.15) is 0 Å². The van der Waals surface area contributed by atoms with Crippen LogP contribution >= 0.6 is 11.6 Å². The van der Waals surface area contributed by atoms with E-state index in [0.29, 0.717) is 16.4 Å². The first kappa shape index (κ1) is 21.2. The number of amides is 4. The van der Waals surface area contributed by atoms with E-state index in [1.165, 1.54) is 0 Å². The van der Waals surface area contributed by atoms with Gasteiger partial charge >= 0.3 is 6.03 Å². The quantitative estimate of drug-likeness (QED) is 0.670. The number of nitrogens with zero attached hydrogens (tertiary/aromatic N) is 1. The number of piperazine rings is 1. The Morgan fingerprint density at radius 3 is 2.52 bits per heavy atom. The van der Waals surface area contributed by atoms with Crippen molar-refractivity contribution in [1.29, 1.82) is 0 Å². The SMILES string of the molecule is O=C(CC1C(=O)NC2CCCCC2N1C(=O)Nc1ccccc1)Nc1cccc(Cl)c1. The van der Waals surface area contributed by atoms with Crippen LogP contribution in [0.3, 0.4) is 0 Å². The number of para-hydroxylation sites is 1. The number of rotatable bonds is 4. The van der Waals surface area contributed by atoms with E-state index in [4.69, 9.17) is 11.6 Å². The molecule has 1 aliphatic carbocycles. The molecule has 162 valence electrons. The van der Waals surface area contributed by atoms with Crippen molar-refractivity contribution in [3.63, 3.8) is 0 Å². The summed E-state index contributed by atoms with van der Waals surface area (Å²) in [4.78, 5) is 40.5. The molecule has 2 fully saturated rings. The molecule has 1 saturated carbocycles. The van der Waals surface area contributed by atoms with Crippen LogP contribution in [0.15, 0.2) is 54.6 Å². The number of halogens is 1. The third-order valence-corrected chi connectivity index (χ3v) is 6.03. The maximum atomic E-state index is 13.2. The Kier molecular flexibility index (Phi) is 6.42. The second kappa shape index (κ2) is 9.39. The van der Waals surface area contributed by atoms with Crippen LogP contribution in [-0.4, -0.2) is 40.9 Å². The van der Waals surface area contributed by atoms with Gasteiger partial charge in [0.2, 0.25) is 11.8 Å². The molecular formula is C23H25ClN4O3. The van der Waals surface area contributed by atoms with E-state index in [9.17, 15) is 14.4 Å². The number of carbonyl (C=O) groups excluding carboxylic acids is 3. The maximum Gasteiger partial charge on any atom is 0.322 e. The summed E-state index contributed by atoms with van der Waals surface area (Å²) in [7, 11) is 0. The Hall–Kier alpha value is -3.06. The van der Waals surface area contributed by atoms with E-state index in [0.717, 1.165) is 25.7 Å². The minimum Gasteiger partial charge on any atom is -0.349 e. The molecule has 1 saturated heterocycles. The molecule has 3 N–H and O–H groups in total. The first-order valence-electron chi connectivity index (χ1n) is 10.5. The van der Waals surface area contributed by atoms with Crippen LogP contribution in [0.25, 0.3) is 0 Å². The summed E-state index contributed by atoms with van der Waals surface area (Å²) in [5.74, 6) is -0.651. The summed E-state index contributed by atoms with van der Waals surface area (Å²) in [6, 6.07) is 14.4. The zero-order valence-electron chi connectivity index (χ0n) is 17.0. The van der Waals surface area contributed by atoms with Gasteiger partial charge in [-0.1, -0.05) is 48.7 Å². The highest BCUT2D eigenvalue weighted by atomic mass is 35.5. The van der Waals surface area contributed by atoms with Gasteiger partial charge in [0.05, 0.1) is 12.5 Å². The number of anilines is 2. The molecule has 0 radical (unpaired) electrons. The topological polar surface area (TPSA) is 90.5 Å². The minimum absolute atomic E-state index is 0.0879. The molecule has 0 aromatic heterocycles. The average molecular weight is 441 g/mol. The maximum absolute atomic E-state index is 13.2. The molecule has 1 heterocycles. The van der Waals surface area contributed by atoms with Crippen molar-refractivity contribution >= 4 is 40.8 Å². The molecule has 4 amide bonds. The number of hydrogen-bond donors (Lipinski definition) is 3. The van der Waals surface area contributed by atoms with Crippen LogP contribution in [-0.2, 0) is 9.59 Å². The highest BCUT2D eigenvalue weighted by Crippen LogP contribution is 2.30. The molecule has 3 unspecified atom stereocenters. The monoisotopic (exact) mass is 440 g/mol. The summed E-state index contributed by atoms with van der Waals surface area (Å²) in [6.07, 6.45) is 3.47. The molecule has 3 atom stereocenters. The van der Waals surface area contributed by atoms with E-state index in [1.807, 2.05) is 18.2 Å².